The van der Waals surface area contributed by atoms with Crippen molar-refractivity contribution in [2.75, 3.05) is 18.5 Å². The first kappa shape index (κ1) is 13.4. The molecule has 0 aromatic carbocycles. The third-order valence-electron chi connectivity index (χ3n) is 2.37. The van der Waals surface area contributed by atoms with Gasteiger partial charge in [0.2, 0.25) is 0 Å². The summed E-state index contributed by atoms with van der Waals surface area (Å²) in [6, 6.07) is 1.75. The smallest absolute Gasteiger partial charge is 0.290 e. The van der Waals surface area contributed by atoms with Gasteiger partial charge >= 0.3 is 0 Å². The van der Waals surface area contributed by atoms with Crippen LogP contribution < -0.4 is 4.90 Å². The molecule has 0 amide bonds. The summed E-state index contributed by atoms with van der Waals surface area (Å²) in [5.74, 6) is 0.767. The Kier molecular flexibility index (Phi) is 3.70. The molecular weight excluding hydrogens is 218 g/mol. The van der Waals surface area contributed by atoms with Crippen molar-refractivity contribution in [1.29, 1.82) is 0 Å². The molecule has 5 nitrogen and oxygen atoms in total. The maximum atomic E-state index is 10.7. The van der Waals surface area contributed by atoms with Crippen molar-refractivity contribution in [3.05, 3.63) is 27.9 Å². The van der Waals surface area contributed by atoms with E-state index in [9.17, 15) is 10.1 Å². The van der Waals surface area contributed by atoms with Crippen molar-refractivity contribution in [2.24, 2.45) is 5.41 Å². The van der Waals surface area contributed by atoms with Crippen LogP contribution in [0.5, 0.6) is 0 Å². The van der Waals surface area contributed by atoms with Crippen molar-refractivity contribution < 1.29 is 4.92 Å². The second-order valence-corrected chi connectivity index (χ2v) is 5.50. The molecule has 0 radical (unpaired) electrons. The Hall–Kier alpha value is -1.65. The van der Waals surface area contributed by atoms with Crippen molar-refractivity contribution >= 4 is 11.5 Å². The van der Waals surface area contributed by atoms with Crippen molar-refractivity contribution in [1.82, 2.24) is 4.98 Å². The van der Waals surface area contributed by atoms with Crippen LogP contribution in [-0.4, -0.2) is 23.5 Å². The highest BCUT2D eigenvalue weighted by molar-refractivity contribution is 5.48. The molecule has 0 bridgehead atoms. The zero-order chi connectivity index (χ0) is 13.2. The number of hydrogen-bond donors (Lipinski definition) is 0. The predicted molar refractivity (Wildman–Crippen MR) is 68.4 cm³/mol. The molecule has 1 rings (SSSR count). The summed E-state index contributed by atoms with van der Waals surface area (Å²) in [5.41, 5.74) is 0.866. The Balaban J connectivity index is 2.94. The van der Waals surface area contributed by atoms with E-state index in [4.69, 9.17) is 0 Å². The number of nitro groups is 1. The van der Waals surface area contributed by atoms with Gasteiger partial charge in [0.15, 0.2) is 0 Å². The van der Waals surface area contributed by atoms with E-state index in [0.717, 1.165) is 12.4 Å². The fourth-order valence-corrected chi connectivity index (χ4v) is 1.73. The molecule has 0 aliphatic carbocycles. The minimum Gasteiger partial charge on any atom is -0.359 e. The summed E-state index contributed by atoms with van der Waals surface area (Å²) in [6.07, 6.45) is 1.32. The first-order valence-corrected chi connectivity index (χ1v) is 5.53. The molecular formula is C12H19N3O2. The molecule has 0 saturated carbocycles. The zero-order valence-corrected chi connectivity index (χ0v) is 11.0. The van der Waals surface area contributed by atoms with Crippen LogP contribution in [-0.2, 0) is 0 Å². The second-order valence-electron chi connectivity index (χ2n) is 5.50. The molecule has 0 N–H and O–H groups in total. The molecule has 0 aliphatic rings. The van der Waals surface area contributed by atoms with Crippen LogP contribution in [0.25, 0.3) is 0 Å². The molecule has 17 heavy (non-hydrogen) atoms. The highest BCUT2D eigenvalue weighted by Gasteiger charge is 2.17. The first-order valence-electron chi connectivity index (χ1n) is 5.53. The first-order chi connectivity index (χ1) is 7.70. The Labute approximate surface area is 102 Å². The van der Waals surface area contributed by atoms with Gasteiger partial charge in [0.05, 0.1) is 4.92 Å². The lowest BCUT2D eigenvalue weighted by atomic mass is 9.96. The average molecular weight is 237 g/mol. The fraction of sp³-hybridized carbons (Fsp3) is 0.583. The van der Waals surface area contributed by atoms with Crippen LogP contribution in [0.1, 0.15) is 26.3 Å². The maximum Gasteiger partial charge on any atom is 0.290 e. The molecule has 5 heteroatoms. The van der Waals surface area contributed by atoms with Crippen molar-refractivity contribution in [2.45, 2.75) is 27.7 Å². The van der Waals surface area contributed by atoms with Crippen LogP contribution in [0.4, 0.5) is 11.5 Å². The molecule has 0 aliphatic heterocycles. The predicted octanol–water partition coefficient (Wildman–Crippen LogP) is 2.78. The van der Waals surface area contributed by atoms with E-state index in [1.807, 2.05) is 11.9 Å². The minimum atomic E-state index is -0.407. The lowest BCUT2D eigenvalue weighted by molar-refractivity contribution is -0.385. The average Bonchev–Trinajstić information content (AvgIpc) is 2.14. The van der Waals surface area contributed by atoms with Crippen molar-refractivity contribution in [3.63, 3.8) is 0 Å². The Morgan fingerprint density at radius 1 is 1.47 bits per heavy atom. The summed E-state index contributed by atoms with van der Waals surface area (Å²) in [4.78, 5) is 16.4. The summed E-state index contributed by atoms with van der Waals surface area (Å²) >= 11 is 0. The van der Waals surface area contributed by atoms with Crippen LogP contribution in [0.3, 0.4) is 0 Å². The molecule has 94 valence electrons. The molecule has 1 heterocycles. The summed E-state index contributed by atoms with van der Waals surface area (Å²) < 4.78 is 0. The molecule has 1 aromatic rings. The van der Waals surface area contributed by atoms with E-state index < -0.39 is 4.92 Å². The van der Waals surface area contributed by atoms with Crippen molar-refractivity contribution in [3.8, 4) is 0 Å². The van der Waals surface area contributed by atoms with Gasteiger partial charge in [-0.05, 0) is 18.4 Å². The normalized spacial score (nSPS) is 11.4. The van der Waals surface area contributed by atoms with Gasteiger partial charge in [-0.3, -0.25) is 10.1 Å². The number of anilines is 1. The fourth-order valence-electron chi connectivity index (χ4n) is 1.73. The number of pyridine rings is 1. The number of hydrogen-bond acceptors (Lipinski definition) is 4. The van der Waals surface area contributed by atoms with Gasteiger partial charge in [0, 0.05) is 19.2 Å². The number of aryl methyl sites for hydroxylation is 1. The van der Waals surface area contributed by atoms with E-state index in [1.54, 1.807) is 13.0 Å². The summed E-state index contributed by atoms with van der Waals surface area (Å²) in [5, 5.41) is 10.7. The molecule has 1 aromatic heterocycles. The van der Waals surface area contributed by atoms with Gasteiger partial charge in [0.25, 0.3) is 5.69 Å². The molecule has 0 fully saturated rings. The second kappa shape index (κ2) is 4.69. The third kappa shape index (κ3) is 3.69. The SMILES string of the molecule is Cc1cc(N(C)CC(C)(C)C)ncc1[N+](=O)[O-]. The molecule has 0 saturated heterocycles. The van der Waals surface area contributed by atoms with Gasteiger partial charge in [-0.1, -0.05) is 20.8 Å². The molecule has 0 atom stereocenters. The van der Waals surface area contributed by atoms with Gasteiger partial charge in [-0.2, -0.15) is 0 Å². The number of rotatable bonds is 3. The monoisotopic (exact) mass is 237 g/mol. The van der Waals surface area contributed by atoms with E-state index >= 15 is 0 Å². The molecule has 0 spiro atoms. The van der Waals surface area contributed by atoms with Gasteiger partial charge in [0.1, 0.15) is 12.0 Å². The Bertz CT molecular complexity index is 424. The summed E-state index contributed by atoms with van der Waals surface area (Å²) in [7, 11) is 1.94. The maximum absolute atomic E-state index is 10.7. The highest BCUT2D eigenvalue weighted by atomic mass is 16.6. The topological polar surface area (TPSA) is 59.3 Å². The van der Waals surface area contributed by atoms with E-state index in [1.165, 1.54) is 6.20 Å². The summed E-state index contributed by atoms with van der Waals surface area (Å²) in [6.45, 7) is 9.00. The number of nitrogens with zero attached hydrogens (tertiary/aromatic N) is 3. The standard InChI is InChI=1S/C12H19N3O2/c1-9-6-11(13-7-10(9)15(16)17)14(5)8-12(2,3)4/h6-7H,8H2,1-5H3. The Morgan fingerprint density at radius 3 is 2.47 bits per heavy atom. The van der Waals surface area contributed by atoms with Crippen LogP contribution in [0.15, 0.2) is 12.3 Å². The zero-order valence-electron chi connectivity index (χ0n) is 11.0. The van der Waals surface area contributed by atoms with Gasteiger partial charge < -0.3 is 4.90 Å². The largest absolute Gasteiger partial charge is 0.359 e. The highest BCUT2D eigenvalue weighted by Crippen LogP contribution is 2.23. The number of aromatic nitrogens is 1. The lowest BCUT2D eigenvalue weighted by Crippen LogP contribution is -2.29. The Morgan fingerprint density at radius 2 is 2.06 bits per heavy atom. The van der Waals surface area contributed by atoms with Gasteiger partial charge in [-0.25, -0.2) is 4.98 Å². The van der Waals surface area contributed by atoms with Crippen LogP contribution in [0, 0.1) is 22.5 Å². The van der Waals surface area contributed by atoms with Gasteiger partial charge in [-0.15, -0.1) is 0 Å². The van der Waals surface area contributed by atoms with Crippen LogP contribution >= 0.6 is 0 Å². The minimum absolute atomic E-state index is 0.0675. The van der Waals surface area contributed by atoms with Crippen LogP contribution in [0.2, 0.25) is 0 Å². The quantitative estimate of drug-likeness (QED) is 0.599. The van der Waals surface area contributed by atoms with E-state index in [2.05, 4.69) is 25.8 Å². The third-order valence-corrected chi connectivity index (χ3v) is 2.37. The molecule has 0 unspecified atom stereocenters. The van der Waals surface area contributed by atoms with E-state index in [0.29, 0.717) is 5.56 Å². The lowest BCUT2D eigenvalue weighted by Gasteiger charge is -2.27. The van der Waals surface area contributed by atoms with E-state index in [-0.39, 0.29) is 11.1 Å².